The maximum Gasteiger partial charge on any atom is 0.0994 e. The maximum atomic E-state index is 8.93. The van der Waals surface area contributed by atoms with Crippen molar-refractivity contribution in [2.24, 2.45) is 11.8 Å². The molecule has 0 aliphatic carbocycles. The molecule has 0 radical (unpaired) electrons. The Morgan fingerprint density at radius 3 is 2.59 bits per heavy atom. The van der Waals surface area contributed by atoms with Crippen LogP contribution in [0.1, 0.15) is 11.1 Å². The van der Waals surface area contributed by atoms with Crippen LogP contribution in [-0.2, 0) is 0 Å². The second-order valence-electron chi connectivity index (χ2n) is 5.19. The SMILES string of the molecule is Cc1cc(N2CC3CNCC3C2)ccc1C#N. The fourth-order valence-electron chi connectivity index (χ4n) is 3.04. The first-order valence-corrected chi connectivity index (χ1v) is 6.24. The molecule has 2 aliphatic rings. The van der Waals surface area contributed by atoms with Crippen LogP contribution in [0.3, 0.4) is 0 Å². The van der Waals surface area contributed by atoms with Gasteiger partial charge in [0.05, 0.1) is 11.6 Å². The molecule has 0 bridgehead atoms. The van der Waals surface area contributed by atoms with Gasteiger partial charge in [0.15, 0.2) is 0 Å². The molecule has 1 N–H and O–H groups in total. The van der Waals surface area contributed by atoms with Gasteiger partial charge in [0, 0.05) is 31.9 Å². The molecule has 2 saturated heterocycles. The normalized spacial score (nSPS) is 26.9. The molecule has 0 saturated carbocycles. The number of anilines is 1. The van der Waals surface area contributed by atoms with Gasteiger partial charge in [0.2, 0.25) is 0 Å². The van der Waals surface area contributed by atoms with Gasteiger partial charge >= 0.3 is 0 Å². The predicted octanol–water partition coefficient (Wildman–Crippen LogP) is 1.52. The number of nitrogens with one attached hydrogen (secondary N) is 1. The fourth-order valence-corrected chi connectivity index (χ4v) is 3.04. The smallest absolute Gasteiger partial charge is 0.0994 e. The van der Waals surface area contributed by atoms with Crippen LogP contribution in [0.15, 0.2) is 18.2 Å². The van der Waals surface area contributed by atoms with Gasteiger partial charge in [-0.25, -0.2) is 0 Å². The Balaban J connectivity index is 1.82. The number of benzene rings is 1. The minimum absolute atomic E-state index is 0.787. The Morgan fingerprint density at radius 1 is 1.29 bits per heavy atom. The highest BCUT2D eigenvalue weighted by molar-refractivity contribution is 5.54. The molecule has 2 atom stereocenters. The summed E-state index contributed by atoms with van der Waals surface area (Å²) >= 11 is 0. The summed E-state index contributed by atoms with van der Waals surface area (Å²) in [6.45, 7) is 6.65. The van der Waals surface area contributed by atoms with Crippen LogP contribution in [0.25, 0.3) is 0 Å². The molecule has 2 heterocycles. The molecule has 17 heavy (non-hydrogen) atoms. The van der Waals surface area contributed by atoms with E-state index in [4.69, 9.17) is 5.26 Å². The van der Waals surface area contributed by atoms with Crippen molar-refractivity contribution in [1.29, 1.82) is 5.26 Å². The molecule has 3 rings (SSSR count). The summed E-state index contributed by atoms with van der Waals surface area (Å²) in [4.78, 5) is 2.46. The van der Waals surface area contributed by atoms with E-state index in [0.717, 1.165) is 49.1 Å². The highest BCUT2D eigenvalue weighted by Crippen LogP contribution is 2.31. The van der Waals surface area contributed by atoms with E-state index in [9.17, 15) is 0 Å². The van der Waals surface area contributed by atoms with Crippen molar-refractivity contribution >= 4 is 5.69 Å². The molecule has 1 aromatic rings. The number of nitriles is 1. The lowest BCUT2D eigenvalue weighted by Gasteiger charge is -2.20. The minimum atomic E-state index is 0.787. The van der Waals surface area contributed by atoms with Gasteiger partial charge in [-0.3, -0.25) is 0 Å². The van der Waals surface area contributed by atoms with E-state index in [2.05, 4.69) is 28.4 Å². The predicted molar refractivity (Wildman–Crippen MR) is 68.0 cm³/mol. The number of nitrogens with zero attached hydrogens (tertiary/aromatic N) is 2. The highest BCUT2D eigenvalue weighted by atomic mass is 15.2. The molecular weight excluding hydrogens is 210 g/mol. The third-order valence-corrected chi connectivity index (χ3v) is 4.09. The van der Waals surface area contributed by atoms with Gasteiger partial charge in [0.1, 0.15) is 0 Å². The summed E-state index contributed by atoms with van der Waals surface area (Å²) < 4.78 is 0. The summed E-state index contributed by atoms with van der Waals surface area (Å²) in [6.07, 6.45) is 0. The van der Waals surface area contributed by atoms with Gasteiger partial charge in [-0.2, -0.15) is 5.26 Å². The first kappa shape index (κ1) is 10.6. The molecule has 2 unspecified atom stereocenters. The molecule has 3 nitrogen and oxygen atoms in total. The van der Waals surface area contributed by atoms with Crippen molar-refractivity contribution in [1.82, 2.24) is 5.32 Å². The van der Waals surface area contributed by atoms with Crippen LogP contribution in [0.2, 0.25) is 0 Å². The first-order valence-electron chi connectivity index (χ1n) is 6.24. The lowest BCUT2D eigenvalue weighted by molar-refractivity contribution is 0.533. The van der Waals surface area contributed by atoms with Gasteiger partial charge < -0.3 is 10.2 Å². The van der Waals surface area contributed by atoms with E-state index < -0.39 is 0 Å². The molecule has 0 amide bonds. The minimum Gasteiger partial charge on any atom is -0.371 e. The Labute approximate surface area is 102 Å². The number of aryl methyl sites for hydroxylation is 1. The molecule has 88 valence electrons. The van der Waals surface area contributed by atoms with Gasteiger partial charge in [-0.15, -0.1) is 0 Å². The molecule has 3 heteroatoms. The van der Waals surface area contributed by atoms with Crippen LogP contribution in [0.5, 0.6) is 0 Å². The molecule has 1 aromatic carbocycles. The van der Waals surface area contributed by atoms with Crippen molar-refractivity contribution in [3.8, 4) is 6.07 Å². The Kier molecular flexibility index (Phi) is 2.53. The third kappa shape index (κ3) is 1.79. The second-order valence-corrected chi connectivity index (χ2v) is 5.19. The van der Waals surface area contributed by atoms with Gasteiger partial charge in [-0.05, 0) is 42.5 Å². The zero-order valence-corrected chi connectivity index (χ0v) is 10.1. The number of rotatable bonds is 1. The summed E-state index contributed by atoms with van der Waals surface area (Å²) in [5, 5.41) is 12.4. The van der Waals surface area contributed by atoms with Gasteiger partial charge in [-0.1, -0.05) is 0 Å². The van der Waals surface area contributed by atoms with Crippen LogP contribution < -0.4 is 10.2 Å². The Morgan fingerprint density at radius 2 is 2.00 bits per heavy atom. The standard InChI is InChI=1S/C14H17N3/c1-10-4-14(3-2-11(10)5-15)17-8-12-6-16-7-13(12)9-17/h2-4,12-13,16H,6-9H2,1H3. The van der Waals surface area contributed by atoms with E-state index in [-0.39, 0.29) is 0 Å². The zero-order valence-electron chi connectivity index (χ0n) is 10.1. The van der Waals surface area contributed by atoms with Crippen LogP contribution >= 0.6 is 0 Å². The van der Waals surface area contributed by atoms with Crippen molar-refractivity contribution in [2.75, 3.05) is 31.1 Å². The average Bonchev–Trinajstić information content (AvgIpc) is 2.88. The summed E-state index contributed by atoms with van der Waals surface area (Å²) in [5.74, 6) is 1.62. The topological polar surface area (TPSA) is 39.1 Å². The Hall–Kier alpha value is -1.53. The van der Waals surface area contributed by atoms with Crippen LogP contribution in [0.4, 0.5) is 5.69 Å². The quantitative estimate of drug-likeness (QED) is 0.790. The highest BCUT2D eigenvalue weighted by Gasteiger charge is 2.36. The first-order chi connectivity index (χ1) is 8.28. The maximum absolute atomic E-state index is 8.93. The average molecular weight is 227 g/mol. The number of hydrogen-bond donors (Lipinski definition) is 1. The molecule has 2 fully saturated rings. The molecular formula is C14H17N3. The van der Waals surface area contributed by atoms with Crippen molar-refractivity contribution in [3.05, 3.63) is 29.3 Å². The molecule has 0 spiro atoms. The number of hydrogen-bond acceptors (Lipinski definition) is 3. The zero-order chi connectivity index (χ0) is 11.8. The van der Waals surface area contributed by atoms with Crippen molar-refractivity contribution < 1.29 is 0 Å². The van der Waals surface area contributed by atoms with Crippen LogP contribution in [0, 0.1) is 30.1 Å². The van der Waals surface area contributed by atoms with Crippen LogP contribution in [-0.4, -0.2) is 26.2 Å². The third-order valence-electron chi connectivity index (χ3n) is 4.09. The van der Waals surface area contributed by atoms with Gasteiger partial charge in [0.25, 0.3) is 0 Å². The second kappa shape index (κ2) is 4.05. The van der Waals surface area contributed by atoms with E-state index in [1.54, 1.807) is 0 Å². The fraction of sp³-hybridized carbons (Fsp3) is 0.500. The largest absolute Gasteiger partial charge is 0.371 e. The molecule has 2 aliphatic heterocycles. The van der Waals surface area contributed by atoms with E-state index >= 15 is 0 Å². The van der Waals surface area contributed by atoms with E-state index in [1.165, 1.54) is 5.69 Å². The van der Waals surface area contributed by atoms with Crippen molar-refractivity contribution in [2.45, 2.75) is 6.92 Å². The number of fused-ring (bicyclic) bond motifs is 1. The summed E-state index contributed by atoms with van der Waals surface area (Å²) in [7, 11) is 0. The van der Waals surface area contributed by atoms with E-state index in [1.807, 2.05) is 13.0 Å². The lowest BCUT2D eigenvalue weighted by Crippen LogP contribution is -2.25. The summed E-state index contributed by atoms with van der Waals surface area (Å²) in [6, 6.07) is 8.40. The summed E-state index contributed by atoms with van der Waals surface area (Å²) in [5.41, 5.74) is 3.14. The lowest BCUT2D eigenvalue weighted by atomic mass is 10.0. The Bertz CT molecular complexity index is 463. The molecule has 0 aromatic heterocycles. The monoisotopic (exact) mass is 227 g/mol. The van der Waals surface area contributed by atoms with E-state index in [0.29, 0.717) is 0 Å². The van der Waals surface area contributed by atoms with Crippen molar-refractivity contribution in [3.63, 3.8) is 0 Å².